The standard InChI is InChI=1S/C39H36Br8O7/c1-18(23-10-31(44)35(32(45)11-23)51-16-25-14-49-25)4-21-6-27(40)37(28(41)7-21)53-39(20(3)48)54-38-29(42)8-22(9-30(38)43)5-19(2)24-12-33(46)36(34(47)13-24)52-17-26-15-50-26/h6-13,18-20,25-26,39,48H,4-5,14-17H2,1-3H3. The van der Waals surface area contributed by atoms with Crippen LogP contribution in [-0.2, 0) is 22.3 Å². The molecule has 1 N–H and O–H groups in total. The fraction of sp³-hybridized carbons (Fsp3) is 0.385. The van der Waals surface area contributed by atoms with E-state index in [1.165, 1.54) is 0 Å². The third-order valence-corrected chi connectivity index (χ3v) is 13.6. The molecule has 0 spiro atoms. The highest BCUT2D eigenvalue weighted by Crippen LogP contribution is 2.43. The van der Waals surface area contributed by atoms with E-state index < -0.39 is 12.4 Å². The number of rotatable bonds is 17. The highest BCUT2D eigenvalue weighted by Gasteiger charge is 2.27. The van der Waals surface area contributed by atoms with E-state index in [4.69, 9.17) is 28.4 Å². The molecule has 15 heteroatoms. The molecule has 2 aliphatic heterocycles. The van der Waals surface area contributed by atoms with E-state index in [9.17, 15) is 5.11 Å². The van der Waals surface area contributed by atoms with Crippen LogP contribution in [0.4, 0.5) is 0 Å². The van der Waals surface area contributed by atoms with Crippen LogP contribution >= 0.6 is 127 Å². The molecular formula is C39H36Br8O7. The third kappa shape index (κ3) is 11.5. The molecule has 0 aromatic heterocycles. The predicted octanol–water partition coefficient (Wildman–Crippen LogP) is 13.2. The predicted molar refractivity (Wildman–Crippen MR) is 239 cm³/mol. The molecule has 0 aliphatic carbocycles. The van der Waals surface area contributed by atoms with Gasteiger partial charge in [-0.1, -0.05) is 13.8 Å². The molecule has 54 heavy (non-hydrogen) atoms. The fourth-order valence-electron chi connectivity index (χ4n) is 5.77. The summed E-state index contributed by atoms with van der Waals surface area (Å²) in [6.45, 7) is 8.58. The lowest BCUT2D eigenvalue weighted by atomic mass is 9.93. The van der Waals surface area contributed by atoms with Gasteiger partial charge < -0.3 is 33.5 Å². The van der Waals surface area contributed by atoms with Gasteiger partial charge in [0.2, 0.25) is 0 Å². The Balaban J connectivity index is 1.10. The topological polar surface area (TPSA) is 82.2 Å². The lowest BCUT2D eigenvalue weighted by Crippen LogP contribution is -2.35. The number of halogens is 8. The highest BCUT2D eigenvalue weighted by atomic mass is 79.9. The zero-order chi connectivity index (χ0) is 38.8. The molecule has 0 saturated carbocycles. The summed E-state index contributed by atoms with van der Waals surface area (Å²) < 4.78 is 41.7. The van der Waals surface area contributed by atoms with Crippen LogP contribution in [0.2, 0.25) is 0 Å². The number of aliphatic hydroxyl groups is 1. The summed E-state index contributed by atoms with van der Waals surface area (Å²) in [4.78, 5) is 0. The molecule has 6 rings (SSSR count). The number of hydrogen-bond donors (Lipinski definition) is 1. The van der Waals surface area contributed by atoms with Crippen molar-refractivity contribution < 1.29 is 33.5 Å². The van der Waals surface area contributed by atoms with Crippen LogP contribution in [0.5, 0.6) is 23.0 Å². The first-order valence-corrected chi connectivity index (χ1v) is 23.4. The van der Waals surface area contributed by atoms with Gasteiger partial charge in [0.1, 0.15) is 43.0 Å². The summed E-state index contributed by atoms with van der Waals surface area (Å²) >= 11 is 29.6. The van der Waals surface area contributed by atoms with Crippen LogP contribution in [-0.4, -0.2) is 56.1 Å². The van der Waals surface area contributed by atoms with Crippen molar-refractivity contribution in [1.82, 2.24) is 0 Å². The van der Waals surface area contributed by atoms with Crippen molar-refractivity contribution in [3.05, 3.63) is 107 Å². The second kappa shape index (κ2) is 19.2. The minimum atomic E-state index is -1.01. The Morgan fingerprint density at radius 3 is 1.11 bits per heavy atom. The van der Waals surface area contributed by atoms with E-state index in [0.29, 0.717) is 24.7 Å². The third-order valence-electron chi connectivity index (χ3n) is 8.87. The molecule has 0 bridgehead atoms. The quantitative estimate of drug-likeness (QED) is 0.0833. The van der Waals surface area contributed by atoms with Crippen molar-refractivity contribution >= 4 is 127 Å². The van der Waals surface area contributed by atoms with Crippen LogP contribution < -0.4 is 18.9 Å². The maximum Gasteiger partial charge on any atom is 0.266 e. The zero-order valence-electron chi connectivity index (χ0n) is 29.2. The van der Waals surface area contributed by atoms with Gasteiger partial charge in [0, 0.05) is 0 Å². The zero-order valence-corrected chi connectivity index (χ0v) is 41.9. The Labute approximate surface area is 382 Å². The number of ether oxygens (including phenoxy) is 6. The number of epoxide rings is 2. The van der Waals surface area contributed by atoms with Gasteiger partial charge >= 0.3 is 0 Å². The van der Waals surface area contributed by atoms with Crippen molar-refractivity contribution in [2.45, 2.75) is 70.1 Å². The van der Waals surface area contributed by atoms with Crippen molar-refractivity contribution in [3.63, 3.8) is 0 Å². The summed E-state index contributed by atoms with van der Waals surface area (Å²) in [6, 6.07) is 16.6. The van der Waals surface area contributed by atoms with Crippen LogP contribution in [0.1, 0.15) is 54.9 Å². The lowest BCUT2D eigenvalue weighted by molar-refractivity contribution is -0.0792. The monoisotopic (exact) mass is 1250 g/mol. The highest BCUT2D eigenvalue weighted by molar-refractivity contribution is 9.12. The maximum atomic E-state index is 10.8. The summed E-state index contributed by atoms with van der Waals surface area (Å²) in [5.41, 5.74) is 4.53. The van der Waals surface area contributed by atoms with Crippen molar-refractivity contribution in [2.75, 3.05) is 26.4 Å². The molecule has 2 saturated heterocycles. The molecule has 2 fully saturated rings. The molecule has 7 nitrogen and oxygen atoms in total. The average Bonchev–Trinajstić information content (AvgIpc) is 4.02. The Bertz CT molecular complexity index is 1760. The van der Waals surface area contributed by atoms with E-state index >= 15 is 0 Å². The Hall–Kier alpha value is -0.200. The van der Waals surface area contributed by atoms with E-state index in [-0.39, 0.29) is 24.0 Å². The largest absolute Gasteiger partial charge is 0.488 e. The van der Waals surface area contributed by atoms with E-state index in [2.05, 4.69) is 166 Å². The van der Waals surface area contributed by atoms with Gasteiger partial charge in [0.15, 0.2) is 11.5 Å². The fourth-order valence-corrected chi connectivity index (χ4v) is 11.6. The normalized spacial score (nSPS) is 18.4. The lowest BCUT2D eigenvalue weighted by Gasteiger charge is -2.26. The number of hydrogen-bond acceptors (Lipinski definition) is 7. The van der Waals surface area contributed by atoms with Gasteiger partial charge in [0.05, 0.1) is 49.0 Å². The van der Waals surface area contributed by atoms with Gasteiger partial charge in [0.25, 0.3) is 6.29 Å². The van der Waals surface area contributed by atoms with Gasteiger partial charge in [-0.2, -0.15) is 0 Å². The molecule has 0 radical (unpaired) electrons. The van der Waals surface area contributed by atoms with Gasteiger partial charge in [-0.3, -0.25) is 0 Å². The number of benzene rings is 4. The van der Waals surface area contributed by atoms with Crippen LogP contribution in [0.3, 0.4) is 0 Å². The molecule has 290 valence electrons. The number of aliphatic hydroxyl groups excluding tert-OH is 1. The molecule has 2 heterocycles. The van der Waals surface area contributed by atoms with Crippen LogP contribution in [0, 0.1) is 0 Å². The second-order valence-electron chi connectivity index (χ2n) is 13.5. The smallest absolute Gasteiger partial charge is 0.266 e. The van der Waals surface area contributed by atoms with Crippen molar-refractivity contribution in [2.24, 2.45) is 0 Å². The Morgan fingerprint density at radius 1 is 0.537 bits per heavy atom. The summed E-state index contributed by atoms with van der Waals surface area (Å²) in [6.07, 6.45) is -0.0542. The first-order chi connectivity index (χ1) is 25.7. The van der Waals surface area contributed by atoms with E-state index in [1.54, 1.807) is 6.92 Å². The van der Waals surface area contributed by atoms with Crippen LogP contribution in [0.15, 0.2) is 84.3 Å². The molecule has 5 atom stereocenters. The summed E-state index contributed by atoms with van der Waals surface area (Å²) in [5, 5.41) is 10.8. The first kappa shape index (κ1) is 43.4. The van der Waals surface area contributed by atoms with Gasteiger partial charge in [-0.15, -0.1) is 0 Å². The van der Waals surface area contributed by atoms with E-state index in [1.807, 2.05) is 24.3 Å². The summed E-state index contributed by atoms with van der Waals surface area (Å²) in [7, 11) is 0. The minimum absolute atomic E-state index is 0.180. The summed E-state index contributed by atoms with van der Waals surface area (Å²) in [5.74, 6) is 3.01. The molecule has 5 unspecified atom stereocenters. The Kier molecular flexibility index (Phi) is 15.5. The van der Waals surface area contributed by atoms with Gasteiger partial charge in [-0.25, -0.2) is 0 Å². The van der Waals surface area contributed by atoms with Crippen molar-refractivity contribution in [1.29, 1.82) is 0 Å². The molecule has 2 aliphatic rings. The molecular weight excluding hydrogens is 1220 g/mol. The van der Waals surface area contributed by atoms with Crippen molar-refractivity contribution in [3.8, 4) is 23.0 Å². The maximum absolute atomic E-state index is 10.8. The van der Waals surface area contributed by atoms with Gasteiger partial charge in [-0.05, 0) is 230 Å². The Morgan fingerprint density at radius 2 is 0.833 bits per heavy atom. The average molecular weight is 1260 g/mol. The SMILES string of the molecule is CC(Cc1cc(Br)c(OC(Oc2c(Br)cc(CC(C)c3cc(Br)c(OCC4CO4)c(Br)c3)cc2Br)C(C)O)c(Br)c1)c1cc(Br)c(OCC2CO2)c(Br)c1. The minimum Gasteiger partial charge on any atom is -0.488 e. The molecule has 0 amide bonds. The second-order valence-corrected chi connectivity index (χ2v) is 20.3. The van der Waals surface area contributed by atoms with E-state index in [0.717, 1.165) is 95.6 Å². The molecule has 4 aromatic carbocycles. The first-order valence-electron chi connectivity index (χ1n) is 17.1. The van der Waals surface area contributed by atoms with Crippen LogP contribution in [0.25, 0.3) is 0 Å². The molecule has 4 aromatic rings.